The van der Waals surface area contributed by atoms with Crippen LogP contribution in [-0.2, 0) is 0 Å². The van der Waals surface area contributed by atoms with E-state index in [1.807, 2.05) is 0 Å². The molecule has 1 saturated carbocycles. The molecule has 1 aromatic rings. The lowest BCUT2D eigenvalue weighted by Crippen LogP contribution is -2.47. The molecule has 0 bridgehead atoms. The predicted molar refractivity (Wildman–Crippen MR) is 87.0 cm³/mol. The van der Waals surface area contributed by atoms with Crippen LogP contribution in [0.5, 0.6) is 5.75 Å². The van der Waals surface area contributed by atoms with Crippen molar-refractivity contribution in [3.63, 3.8) is 0 Å². The van der Waals surface area contributed by atoms with E-state index in [0.29, 0.717) is 16.0 Å². The third-order valence-electron chi connectivity index (χ3n) is 4.75. The number of hydrogen-bond acceptors (Lipinski definition) is 5. The summed E-state index contributed by atoms with van der Waals surface area (Å²) in [5.74, 6) is 0.610. The number of phenolic OH excluding ortho intramolecular Hbond substituents is 1. The number of non-ortho nitro benzene ring substituents is 1. The molecule has 2 N–H and O–H groups in total. The molecule has 6 nitrogen and oxygen atoms in total. The number of nitrogens with zero attached hydrogens (tertiary/aromatic N) is 2. The number of nitro groups is 1. The van der Waals surface area contributed by atoms with Gasteiger partial charge in [0.2, 0.25) is 0 Å². The number of benzene rings is 1. The number of aromatic hydroxyl groups is 1. The number of piperazine rings is 1. The number of nitro benzene ring substituents is 1. The molecular formula is C15H20BrN3O3. The van der Waals surface area contributed by atoms with Crippen molar-refractivity contribution in [3.8, 4) is 5.75 Å². The zero-order chi connectivity index (χ0) is 15.7. The highest BCUT2D eigenvalue weighted by Crippen LogP contribution is 2.46. The Morgan fingerprint density at radius 2 is 2.05 bits per heavy atom. The van der Waals surface area contributed by atoms with Gasteiger partial charge in [0, 0.05) is 49.9 Å². The van der Waals surface area contributed by atoms with E-state index in [2.05, 4.69) is 26.1 Å². The third-order valence-corrected chi connectivity index (χ3v) is 5.35. The molecule has 7 heteroatoms. The van der Waals surface area contributed by atoms with Gasteiger partial charge in [-0.05, 0) is 34.7 Å². The van der Waals surface area contributed by atoms with E-state index >= 15 is 0 Å². The maximum Gasteiger partial charge on any atom is 0.271 e. The van der Waals surface area contributed by atoms with Gasteiger partial charge in [-0.1, -0.05) is 6.42 Å². The summed E-state index contributed by atoms with van der Waals surface area (Å²) in [6, 6.07) is 2.98. The van der Waals surface area contributed by atoms with Gasteiger partial charge in [-0.15, -0.1) is 0 Å². The van der Waals surface area contributed by atoms with Crippen LogP contribution in [0.15, 0.2) is 16.6 Å². The van der Waals surface area contributed by atoms with Crippen LogP contribution < -0.4 is 5.32 Å². The molecule has 1 aliphatic heterocycles. The standard InChI is InChI=1S/C15H20BrN3O3/c16-13-9-11(19(21)22)8-12(15(13)20)14(10-2-1-3-10)18-6-4-17-5-7-18/h8-10,14,17,20H,1-7H2/t14-/m0/s1. The molecule has 2 fully saturated rings. The summed E-state index contributed by atoms with van der Waals surface area (Å²) < 4.78 is 0.399. The molecule has 2 aliphatic rings. The Morgan fingerprint density at radius 3 is 2.59 bits per heavy atom. The summed E-state index contributed by atoms with van der Waals surface area (Å²) in [4.78, 5) is 13.1. The quantitative estimate of drug-likeness (QED) is 0.630. The number of hydrogen-bond donors (Lipinski definition) is 2. The van der Waals surface area contributed by atoms with Crippen LogP contribution in [0.25, 0.3) is 0 Å². The Hall–Kier alpha value is -1.18. The molecular weight excluding hydrogens is 350 g/mol. The minimum Gasteiger partial charge on any atom is -0.506 e. The topological polar surface area (TPSA) is 78.6 Å². The first-order chi connectivity index (χ1) is 10.6. The molecule has 1 atom stereocenters. The average molecular weight is 370 g/mol. The number of nitrogens with one attached hydrogen (secondary N) is 1. The zero-order valence-corrected chi connectivity index (χ0v) is 13.9. The van der Waals surface area contributed by atoms with Crippen LogP contribution >= 0.6 is 15.9 Å². The molecule has 0 unspecified atom stereocenters. The SMILES string of the molecule is O=[N+]([O-])c1cc(Br)c(O)c([C@H](C2CCC2)N2CCNCC2)c1. The minimum absolute atomic E-state index is 0.0270. The van der Waals surface area contributed by atoms with Crippen molar-refractivity contribution < 1.29 is 10.0 Å². The van der Waals surface area contributed by atoms with E-state index in [9.17, 15) is 15.2 Å². The first-order valence-corrected chi connectivity index (χ1v) is 8.49. The van der Waals surface area contributed by atoms with Gasteiger partial charge in [0.05, 0.1) is 9.40 Å². The zero-order valence-electron chi connectivity index (χ0n) is 12.3. The fourth-order valence-electron chi connectivity index (χ4n) is 3.40. The first-order valence-electron chi connectivity index (χ1n) is 7.69. The van der Waals surface area contributed by atoms with Gasteiger partial charge in [0.25, 0.3) is 5.69 Å². The van der Waals surface area contributed by atoms with Crippen molar-refractivity contribution in [1.82, 2.24) is 10.2 Å². The van der Waals surface area contributed by atoms with Crippen LogP contribution in [0.3, 0.4) is 0 Å². The van der Waals surface area contributed by atoms with E-state index in [1.54, 1.807) is 6.07 Å². The Labute approximate surface area is 137 Å². The second-order valence-electron chi connectivity index (χ2n) is 6.04. The molecule has 0 amide bonds. The molecule has 1 heterocycles. The number of phenols is 1. The van der Waals surface area contributed by atoms with Crippen LogP contribution in [0.2, 0.25) is 0 Å². The smallest absolute Gasteiger partial charge is 0.271 e. The first kappa shape index (κ1) is 15.7. The minimum atomic E-state index is -0.400. The van der Waals surface area contributed by atoms with Crippen molar-refractivity contribution >= 4 is 21.6 Å². The second-order valence-corrected chi connectivity index (χ2v) is 6.90. The summed E-state index contributed by atoms with van der Waals surface area (Å²) in [7, 11) is 0. The van der Waals surface area contributed by atoms with Crippen molar-refractivity contribution in [3.05, 3.63) is 32.3 Å². The Balaban J connectivity index is 2.00. The Morgan fingerprint density at radius 1 is 1.36 bits per heavy atom. The van der Waals surface area contributed by atoms with Gasteiger partial charge in [0.1, 0.15) is 5.75 Å². The van der Waals surface area contributed by atoms with Gasteiger partial charge < -0.3 is 10.4 Å². The molecule has 0 aromatic heterocycles. The molecule has 1 saturated heterocycles. The van der Waals surface area contributed by atoms with Crippen molar-refractivity contribution in [2.45, 2.75) is 25.3 Å². The molecule has 0 spiro atoms. The second kappa shape index (κ2) is 6.52. The van der Waals surface area contributed by atoms with Crippen molar-refractivity contribution in [1.29, 1.82) is 0 Å². The van der Waals surface area contributed by atoms with Crippen LogP contribution in [0.1, 0.15) is 30.9 Å². The van der Waals surface area contributed by atoms with E-state index in [-0.39, 0.29) is 17.5 Å². The van der Waals surface area contributed by atoms with Crippen LogP contribution in [0, 0.1) is 16.0 Å². The number of halogens is 1. The number of rotatable bonds is 4. The predicted octanol–water partition coefficient (Wildman–Crippen LogP) is 2.81. The van der Waals surface area contributed by atoms with Crippen molar-refractivity contribution in [2.24, 2.45) is 5.92 Å². The largest absolute Gasteiger partial charge is 0.506 e. The lowest BCUT2D eigenvalue weighted by molar-refractivity contribution is -0.385. The van der Waals surface area contributed by atoms with Crippen molar-refractivity contribution in [2.75, 3.05) is 26.2 Å². The van der Waals surface area contributed by atoms with Gasteiger partial charge in [0.15, 0.2) is 0 Å². The molecule has 0 radical (unpaired) electrons. The van der Waals surface area contributed by atoms with Gasteiger partial charge in [-0.2, -0.15) is 0 Å². The van der Waals surface area contributed by atoms with Gasteiger partial charge in [-0.25, -0.2) is 0 Å². The maximum atomic E-state index is 11.1. The summed E-state index contributed by atoms with van der Waals surface area (Å²) in [6.07, 6.45) is 3.44. The summed E-state index contributed by atoms with van der Waals surface area (Å²) in [5, 5.41) is 24.9. The van der Waals surface area contributed by atoms with E-state index < -0.39 is 4.92 Å². The van der Waals surface area contributed by atoms with Gasteiger partial charge >= 0.3 is 0 Å². The van der Waals surface area contributed by atoms with E-state index in [0.717, 1.165) is 39.0 Å². The van der Waals surface area contributed by atoms with E-state index in [1.165, 1.54) is 12.5 Å². The third kappa shape index (κ3) is 2.98. The molecule has 120 valence electrons. The maximum absolute atomic E-state index is 11.1. The summed E-state index contributed by atoms with van der Waals surface area (Å²) >= 11 is 3.26. The molecule has 1 aromatic carbocycles. The molecule has 22 heavy (non-hydrogen) atoms. The van der Waals surface area contributed by atoms with Crippen LogP contribution in [-0.4, -0.2) is 41.1 Å². The lowest BCUT2D eigenvalue weighted by Gasteiger charge is -2.43. The highest BCUT2D eigenvalue weighted by atomic mass is 79.9. The normalized spacial score (nSPS) is 21.3. The Kier molecular flexibility index (Phi) is 4.65. The molecule has 3 rings (SSSR count). The molecule has 1 aliphatic carbocycles. The summed E-state index contributed by atoms with van der Waals surface area (Å²) in [6.45, 7) is 3.64. The highest BCUT2D eigenvalue weighted by Gasteiger charge is 2.36. The average Bonchev–Trinajstić information content (AvgIpc) is 2.46. The monoisotopic (exact) mass is 369 g/mol. The van der Waals surface area contributed by atoms with Gasteiger partial charge in [-0.3, -0.25) is 15.0 Å². The fourth-order valence-corrected chi connectivity index (χ4v) is 3.86. The lowest BCUT2D eigenvalue weighted by atomic mass is 9.76. The Bertz CT molecular complexity index is 571. The van der Waals surface area contributed by atoms with E-state index in [4.69, 9.17) is 0 Å². The fraction of sp³-hybridized carbons (Fsp3) is 0.600. The summed E-state index contributed by atoms with van der Waals surface area (Å²) in [5.41, 5.74) is 0.715. The highest BCUT2D eigenvalue weighted by molar-refractivity contribution is 9.10. The van der Waals surface area contributed by atoms with Crippen LogP contribution in [0.4, 0.5) is 5.69 Å².